The molecule has 22 heavy (non-hydrogen) atoms. The fourth-order valence-electron chi connectivity index (χ4n) is 1.67. The van der Waals surface area contributed by atoms with Crippen molar-refractivity contribution in [1.82, 2.24) is 10.0 Å². The Morgan fingerprint density at radius 2 is 2.05 bits per heavy atom. The molecule has 1 aromatic carbocycles. The van der Waals surface area contributed by atoms with Crippen molar-refractivity contribution >= 4 is 33.2 Å². The van der Waals surface area contributed by atoms with Gasteiger partial charge in [-0.05, 0) is 26.8 Å². The van der Waals surface area contributed by atoms with Gasteiger partial charge in [0.1, 0.15) is 0 Å². The molecule has 8 nitrogen and oxygen atoms in total. The number of hydrogen-bond donors (Lipinski definition) is 2. The van der Waals surface area contributed by atoms with Crippen LogP contribution in [0.25, 0.3) is 0 Å². The molecule has 0 aliphatic rings. The Kier molecular flexibility index (Phi) is 5.86. The standard InChI is InChI=1S/C12H16ClN3O5S/c1-4-14-12(17)8(3)15-22(20,21)9-5-10(13)7(2)11(6-9)16(18)19/h5-6,8,15H,4H2,1-3H3,(H,14,17)/t8-/m1/s1. The number of nitro groups is 1. The first-order valence-electron chi connectivity index (χ1n) is 6.34. The summed E-state index contributed by atoms with van der Waals surface area (Å²) in [6.07, 6.45) is 0. The van der Waals surface area contributed by atoms with Crippen molar-refractivity contribution in [1.29, 1.82) is 0 Å². The van der Waals surface area contributed by atoms with Crippen LogP contribution in [0.5, 0.6) is 0 Å². The van der Waals surface area contributed by atoms with Gasteiger partial charge >= 0.3 is 0 Å². The number of nitrogens with one attached hydrogen (secondary N) is 2. The maximum atomic E-state index is 12.2. The van der Waals surface area contributed by atoms with E-state index in [2.05, 4.69) is 10.0 Å². The highest BCUT2D eigenvalue weighted by Gasteiger charge is 2.25. The van der Waals surface area contributed by atoms with E-state index in [1.807, 2.05) is 0 Å². The van der Waals surface area contributed by atoms with Crippen molar-refractivity contribution in [2.75, 3.05) is 6.54 Å². The fraction of sp³-hybridized carbons (Fsp3) is 0.417. The molecule has 0 aromatic heterocycles. The number of halogens is 1. The van der Waals surface area contributed by atoms with E-state index in [0.717, 1.165) is 12.1 Å². The van der Waals surface area contributed by atoms with Gasteiger partial charge in [0.2, 0.25) is 15.9 Å². The molecule has 1 atom stereocenters. The largest absolute Gasteiger partial charge is 0.355 e. The minimum Gasteiger partial charge on any atom is -0.355 e. The molecule has 0 radical (unpaired) electrons. The molecular weight excluding hydrogens is 334 g/mol. The number of amides is 1. The minimum absolute atomic E-state index is 0.0414. The molecule has 0 aliphatic carbocycles. The average Bonchev–Trinajstić information content (AvgIpc) is 2.40. The number of carbonyl (C=O) groups is 1. The van der Waals surface area contributed by atoms with E-state index in [0.29, 0.717) is 6.54 Å². The summed E-state index contributed by atoms with van der Waals surface area (Å²) in [6.45, 7) is 4.84. The second kappa shape index (κ2) is 7.03. The van der Waals surface area contributed by atoms with Crippen molar-refractivity contribution in [3.63, 3.8) is 0 Å². The monoisotopic (exact) mass is 349 g/mol. The fourth-order valence-corrected chi connectivity index (χ4v) is 3.19. The topological polar surface area (TPSA) is 118 Å². The molecule has 1 rings (SSSR count). The number of sulfonamides is 1. The van der Waals surface area contributed by atoms with Crippen LogP contribution in [0.2, 0.25) is 5.02 Å². The molecule has 0 spiro atoms. The Hall–Kier alpha value is -1.71. The lowest BCUT2D eigenvalue weighted by molar-refractivity contribution is -0.385. The van der Waals surface area contributed by atoms with E-state index in [-0.39, 0.29) is 15.5 Å². The predicted octanol–water partition coefficient (Wildman–Crippen LogP) is 1.36. The lowest BCUT2D eigenvalue weighted by Crippen LogP contribution is -2.44. The average molecular weight is 350 g/mol. The number of carbonyl (C=O) groups excluding carboxylic acids is 1. The Bertz CT molecular complexity index is 705. The lowest BCUT2D eigenvalue weighted by Gasteiger charge is -2.14. The van der Waals surface area contributed by atoms with E-state index in [1.54, 1.807) is 6.92 Å². The summed E-state index contributed by atoms with van der Waals surface area (Å²) in [6, 6.07) is 0.995. The normalized spacial score (nSPS) is 12.7. The number of hydrogen-bond acceptors (Lipinski definition) is 5. The van der Waals surface area contributed by atoms with Crippen molar-refractivity contribution in [3.8, 4) is 0 Å². The van der Waals surface area contributed by atoms with Gasteiger partial charge in [-0.1, -0.05) is 11.6 Å². The van der Waals surface area contributed by atoms with Crippen LogP contribution < -0.4 is 10.0 Å². The van der Waals surface area contributed by atoms with Crippen molar-refractivity contribution in [2.45, 2.75) is 31.7 Å². The Morgan fingerprint density at radius 1 is 1.45 bits per heavy atom. The molecule has 0 saturated carbocycles. The third-order valence-electron chi connectivity index (χ3n) is 2.87. The molecule has 0 heterocycles. The summed E-state index contributed by atoms with van der Waals surface area (Å²) in [5.41, 5.74) is -0.235. The van der Waals surface area contributed by atoms with Gasteiger partial charge < -0.3 is 5.32 Å². The summed E-state index contributed by atoms with van der Waals surface area (Å²) in [5, 5.41) is 13.4. The second-order valence-corrected chi connectivity index (χ2v) is 6.67. The maximum absolute atomic E-state index is 12.2. The van der Waals surface area contributed by atoms with Crippen molar-refractivity contribution in [3.05, 3.63) is 32.8 Å². The number of nitrogens with zero attached hydrogens (tertiary/aromatic N) is 1. The van der Waals surface area contributed by atoms with Crippen molar-refractivity contribution < 1.29 is 18.1 Å². The van der Waals surface area contributed by atoms with Gasteiger partial charge in [0.05, 0.1) is 20.9 Å². The van der Waals surface area contributed by atoms with Crippen LogP contribution in [-0.4, -0.2) is 31.8 Å². The Labute approximate surface area is 133 Å². The van der Waals surface area contributed by atoms with Gasteiger partial charge in [-0.25, -0.2) is 8.42 Å². The van der Waals surface area contributed by atoms with Crippen LogP contribution in [0.3, 0.4) is 0 Å². The zero-order valence-corrected chi connectivity index (χ0v) is 13.8. The molecule has 122 valence electrons. The number of rotatable bonds is 6. The summed E-state index contributed by atoms with van der Waals surface area (Å²) in [7, 11) is -4.12. The Balaban J connectivity index is 3.19. The molecule has 10 heteroatoms. The van der Waals surface area contributed by atoms with Gasteiger partial charge in [-0.15, -0.1) is 0 Å². The van der Waals surface area contributed by atoms with E-state index in [1.165, 1.54) is 13.8 Å². The number of likely N-dealkylation sites (N-methyl/N-ethyl adjacent to an activating group) is 1. The van der Waals surface area contributed by atoms with Crippen LogP contribution in [0.15, 0.2) is 17.0 Å². The number of benzene rings is 1. The first kappa shape index (κ1) is 18.3. The summed E-state index contributed by atoms with van der Waals surface area (Å²) < 4.78 is 26.6. The molecule has 0 fully saturated rings. The van der Waals surface area contributed by atoms with Gasteiger partial charge in [0, 0.05) is 18.2 Å². The van der Waals surface area contributed by atoms with Crippen LogP contribution in [0.4, 0.5) is 5.69 Å². The highest BCUT2D eigenvalue weighted by molar-refractivity contribution is 7.89. The smallest absolute Gasteiger partial charge is 0.275 e. The van der Waals surface area contributed by atoms with Crippen LogP contribution in [0, 0.1) is 17.0 Å². The predicted molar refractivity (Wildman–Crippen MR) is 81.3 cm³/mol. The Morgan fingerprint density at radius 3 is 2.55 bits per heavy atom. The SMILES string of the molecule is CCNC(=O)[C@@H](C)NS(=O)(=O)c1cc(Cl)c(C)c([N+](=O)[O-])c1. The molecule has 0 aliphatic heterocycles. The van der Waals surface area contributed by atoms with E-state index >= 15 is 0 Å². The summed E-state index contributed by atoms with van der Waals surface area (Å²) in [5.74, 6) is -0.501. The van der Waals surface area contributed by atoms with Gasteiger partial charge in [-0.2, -0.15) is 4.72 Å². The van der Waals surface area contributed by atoms with E-state index in [4.69, 9.17) is 11.6 Å². The molecule has 0 unspecified atom stereocenters. The highest BCUT2D eigenvalue weighted by Crippen LogP contribution is 2.29. The van der Waals surface area contributed by atoms with Crippen molar-refractivity contribution in [2.24, 2.45) is 0 Å². The minimum atomic E-state index is -4.12. The molecule has 1 aromatic rings. The third-order valence-corrected chi connectivity index (χ3v) is 4.79. The quantitative estimate of drug-likeness (QED) is 0.593. The van der Waals surface area contributed by atoms with E-state index in [9.17, 15) is 23.3 Å². The molecule has 1 amide bonds. The molecule has 0 bridgehead atoms. The van der Waals surface area contributed by atoms with Gasteiger partial charge in [0.15, 0.2) is 0 Å². The zero-order valence-electron chi connectivity index (χ0n) is 12.2. The van der Waals surface area contributed by atoms with E-state index < -0.39 is 32.6 Å². The highest BCUT2D eigenvalue weighted by atomic mass is 35.5. The lowest BCUT2D eigenvalue weighted by atomic mass is 10.2. The number of nitro benzene ring substituents is 1. The van der Waals surface area contributed by atoms with Crippen LogP contribution in [0.1, 0.15) is 19.4 Å². The summed E-state index contributed by atoms with van der Waals surface area (Å²) >= 11 is 5.84. The van der Waals surface area contributed by atoms with Crippen LogP contribution >= 0.6 is 11.6 Å². The molecular formula is C12H16ClN3O5S. The molecule has 2 N–H and O–H groups in total. The molecule has 0 saturated heterocycles. The zero-order chi connectivity index (χ0) is 17.1. The maximum Gasteiger partial charge on any atom is 0.275 e. The van der Waals surface area contributed by atoms with Crippen LogP contribution in [-0.2, 0) is 14.8 Å². The summed E-state index contributed by atoms with van der Waals surface area (Å²) in [4.78, 5) is 21.4. The first-order valence-corrected chi connectivity index (χ1v) is 8.20. The first-order chi connectivity index (χ1) is 10.1. The second-order valence-electron chi connectivity index (χ2n) is 4.54. The van der Waals surface area contributed by atoms with Gasteiger partial charge in [0.25, 0.3) is 5.69 Å². The van der Waals surface area contributed by atoms with Gasteiger partial charge in [-0.3, -0.25) is 14.9 Å². The third kappa shape index (κ3) is 4.15.